The molecule has 3 amide bonds. The molecule has 1 saturated carbocycles. The van der Waals surface area contributed by atoms with Gasteiger partial charge >= 0.3 is 11.5 Å². The third-order valence-electron chi connectivity index (χ3n) is 5.36. The zero-order valence-electron chi connectivity index (χ0n) is 15.8. The normalized spacial score (nSPS) is 18.2. The molecule has 1 N–H and O–H groups in total. The van der Waals surface area contributed by atoms with Gasteiger partial charge in [-0.3, -0.25) is 9.78 Å². The summed E-state index contributed by atoms with van der Waals surface area (Å²) in [7, 11) is -5.54. The van der Waals surface area contributed by atoms with Gasteiger partial charge in [-0.25, -0.2) is 18.1 Å². The van der Waals surface area contributed by atoms with Crippen LogP contribution in [0, 0.1) is 0 Å². The van der Waals surface area contributed by atoms with Crippen LogP contribution in [0.4, 0.5) is 23.7 Å². The molecule has 12 heteroatoms. The van der Waals surface area contributed by atoms with Crippen molar-refractivity contribution < 1.29 is 36.3 Å². The molecule has 4 rings (SSSR count). The van der Waals surface area contributed by atoms with Crippen molar-refractivity contribution in [2.45, 2.75) is 41.9 Å². The van der Waals surface area contributed by atoms with Gasteiger partial charge in [-0.15, -0.1) is 0 Å². The van der Waals surface area contributed by atoms with E-state index in [4.69, 9.17) is 0 Å². The van der Waals surface area contributed by atoms with Gasteiger partial charge in [-0.05, 0) is 54.8 Å². The Hall–Kier alpha value is -2.99. The van der Waals surface area contributed by atoms with E-state index >= 15 is 0 Å². The number of alkyl halides is 3. The van der Waals surface area contributed by atoms with Crippen LogP contribution in [0.2, 0.25) is 0 Å². The Bertz CT molecular complexity index is 1160. The highest BCUT2D eigenvalue weighted by Gasteiger charge is 2.65. The summed E-state index contributed by atoms with van der Waals surface area (Å²) in [5.41, 5.74) is -5.45. The van der Waals surface area contributed by atoms with Gasteiger partial charge < -0.3 is 10.0 Å². The number of halogens is 3. The van der Waals surface area contributed by atoms with E-state index in [0.29, 0.717) is 24.1 Å². The first-order chi connectivity index (χ1) is 14.5. The Labute approximate surface area is 174 Å². The first-order valence-electron chi connectivity index (χ1n) is 9.13. The minimum Gasteiger partial charge on any atom is -0.390 e. The third kappa shape index (κ3) is 3.35. The molecule has 1 spiro atoms. The number of urea groups is 1. The molecule has 2 aromatic rings. The van der Waals surface area contributed by atoms with Crippen molar-refractivity contribution in [2.24, 2.45) is 0 Å². The number of sulfone groups is 1. The number of aromatic nitrogens is 1. The fourth-order valence-corrected chi connectivity index (χ4v) is 4.33. The Morgan fingerprint density at radius 2 is 1.74 bits per heavy atom. The minimum absolute atomic E-state index is 0.0179. The number of anilines is 1. The number of nitrogens with zero attached hydrogens (tertiary/aromatic N) is 3. The summed E-state index contributed by atoms with van der Waals surface area (Å²) in [5.74, 6) is -0.514. The lowest BCUT2D eigenvalue weighted by Crippen LogP contribution is -2.36. The van der Waals surface area contributed by atoms with Crippen molar-refractivity contribution in [3.05, 3.63) is 53.9 Å². The van der Waals surface area contributed by atoms with E-state index in [0.717, 1.165) is 29.2 Å². The highest BCUT2D eigenvalue weighted by atomic mass is 32.2. The minimum atomic E-state index is -5.54. The molecular weight excluding hydrogens is 439 g/mol. The molecule has 1 aliphatic carbocycles. The molecule has 1 aromatic heterocycles. The molecule has 164 valence electrons. The van der Waals surface area contributed by atoms with Crippen molar-refractivity contribution in [3.63, 3.8) is 0 Å². The summed E-state index contributed by atoms with van der Waals surface area (Å²) in [5, 5.41) is 9.23. The van der Waals surface area contributed by atoms with E-state index < -0.39 is 37.7 Å². The Morgan fingerprint density at radius 1 is 1.10 bits per heavy atom. The number of carbonyl (C=O) groups excluding carboxylic acids is 2. The van der Waals surface area contributed by atoms with E-state index in [9.17, 15) is 36.3 Å². The van der Waals surface area contributed by atoms with Crippen LogP contribution in [0.3, 0.4) is 0 Å². The molecule has 2 aliphatic rings. The van der Waals surface area contributed by atoms with Gasteiger partial charge in [0.15, 0.2) is 0 Å². The molecule has 0 atom stereocenters. The monoisotopic (exact) mass is 455 g/mol. The van der Waals surface area contributed by atoms with Crippen LogP contribution in [0.25, 0.3) is 0 Å². The summed E-state index contributed by atoms with van der Waals surface area (Å²) in [4.78, 5) is 31.2. The van der Waals surface area contributed by atoms with Crippen molar-refractivity contribution in [2.75, 3.05) is 4.90 Å². The van der Waals surface area contributed by atoms with Crippen molar-refractivity contribution >= 4 is 27.5 Å². The molecule has 8 nitrogen and oxygen atoms in total. The summed E-state index contributed by atoms with van der Waals surface area (Å²) in [6.45, 7) is -0.206. The van der Waals surface area contributed by atoms with E-state index in [-0.39, 0.29) is 18.8 Å². The molecule has 0 radical (unpaired) electrons. The first kappa shape index (κ1) is 21.2. The molecule has 0 bridgehead atoms. The number of hydrogen-bond donors (Lipinski definition) is 1. The SMILES string of the molecule is O=C1N(c2ccc(S(=O)(=O)C(F)(F)F)cc2)C(=O)C2(CC2)N1Cc1ccnc(CO)c1. The number of carbonyl (C=O) groups is 2. The molecule has 2 fully saturated rings. The van der Waals surface area contributed by atoms with Gasteiger partial charge in [0.1, 0.15) is 5.54 Å². The fraction of sp³-hybridized carbons (Fsp3) is 0.316. The van der Waals surface area contributed by atoms with Crippen LogP contribution in [0.1, 0.15) is 24.1 Å². The molecule has 1 aromatic carbocycles. The van der Waals surface area contributed by atoms with Gasteiger partial charge in [0.2, 0.25) is 0 Å². The second-order valence-electron chi connectivity index (χ2n) is 7.30. The number of pyridine rings is 1. The highest BCUT2D eigenvalue weighted by molar-refractivity contribution is 7.92. The van der Waals surface area contributed by atoms with Crippen LogP contribution in [-0.4, -0.2) is 46.4 Å². The molecule has 31 heavy (non-hydrogen) atoms. The van der Waals surface area contributed by atoms with Gasteiger partial charge in [0.05, 0.1) is 22.9 Å². The Kier molecular flexibility index (Phi) is 4.81. The van der Waals surface area contributed by atoms with Gasteiger partial charge in [0, 0.05) is 12.7 Å². The Balaban J connectivity index is 1.63. The topological polar surface area (TPSA) is 108 Å². The van der Waals surface area contributed by atoms with E-state index in [1.807, 2.05) is 0 Å². The van der Waals surface area contributed by atoms with Gasteiger partial charge in [-0.1, -0.05) is 0 Å². The molecule has 0 unspecified atom stereocenters. The first-order valence-corrected chi connectivity index (χ1v) is 10.6. The predicted molar refractivity (Wildman–Crippen MR) is 100 cm³/mol. The average molecular weight is 455 g/mol. The number of imide groups is 1. The highest BCUT2D eigenvalue weighted by Crippen LogP contribution is 2.49. The van der Waals surface area contributed by atoms with E-state index in [2.05, 4.69) is 4.98 Å². The number of hydrogen-bond acceptors (Lipinski definition) is 6. The summed E-state index contributed by atoms with van der Waals surface area (Å²) >= 11 is 0. The lowest BCUT2D eigenvalue weighted by molar-refractivity contribution is -0.120. The number of benzene rings is 1. The standard InChI is InChI=1S/C19H16F3N3O5S/c20-19(21,22)31(29,30)15-3-1-14(2-4-15)25-16(27)18(6-7-18)24(17(25)28)10-12-5-8-23-13(9-12)11-26/h1-5,8-9,26H,6-7,10-11H2. The predicted octanol–water partition coefficient (Wildman–Crippen LogP) is 2.37. The van der Waals surface area contributed by atoms with Crippen LogP contribution < -0.4 is 4.90 Å². The zero-order chi connectivity index (χ0) is 22.6. The maximum absolute atomic E-state index is 13.0. The summed E-state index contributed by atoms with van der Waals surface area (Å²) in [6, 6.07) is 6.04. The van der Waals surface area contributed by atoms with Crippen LogP contribution in [-0.2, 0) is 27.8 Å². The third-order valence-corrected chi connectivity index (χ3v) is 6.86. The number of rotatable bonds is 5. The smallest absolute Gasteiger partial charge is 0.390 e. The molecule has 2 heterocycles. The fourth-order valence-electron chi connectivity index (χ4n) is 3.57. The van der Waals surface area contributed by atoms with Gasteiger partial charge in [0.25, 0.3) is 15.7 Å². The van der Waals surface area contributed by atoms with Crippen LogP contribution in [0.15, 0.2) is 47.5 Å². The van der Waals surface area contributed by atoms with Gasteiger partial charge in [-0.2, -0.15) is 13.2 Å². The number of aliphatic hydroxyl groups is 1. The quantitative estimate of drug-likeness (QED) is 0.694. The van der Waals surface area contributed by atoms with Crippen LogP contribution in [0.5, 0.6) is 0 Å². The molecular formula is C19H16F3N3O5S. The largest absolute Gasteiger partial charge is 0.501 e. The lowest BCUT2D eigenvalue weighted by Gasteiger charge is -2.21. The maximum atomic E-state index is 13.0. The van der Waals surface area contributed by atoms with E-state index in [1.165, 1.54) is 11.1 Å². The second-order valence-corrected chi connectivity index (χ2v) is 9.24. The van der Waals surface area contributed by atoms with Crippen molar-refractivity contribution in [1.82, 2.24) is 9.88 Å². The Morgan fingerprint density at radius 3 is 2.29 bits per heavy atom. The average Bonchev–Trinajstić information content (AvgIpc) is 3.50. The van der Waals surface area contributed by atoms with Crippen molar-refractivity contribution in [1.29, 1.82) is 0 Å². The summed E-state index contributed by atoms with van der Waals surface area (Å²) < 4.78 is 61.3. The number of amides is 3. The summed E-state index contributed by atoms with van der Waals surface area (Å²) in [6.07, 6.45) is 2.35. The lowest BCUT2D eigenvalue weighted by atomic mass is 10.1. The van der Waals surface area contributed by atoms with Crippen LogP contribution >= 0.6 is 0 Å². The second kappa shape index (κ2) is 7.02. The molecule has 1 saturated heterocycles. The van der Waals surface area contributed by atoms with E-state index in [1.54, 1.807) is 12.1 Å². The zero-order valence-corrected chi connectivity index (χ0v) is 16.7. The number of aliphatic hydroxyl groups excluding tert-OH is 1. The van der Waals surface area contributed by atoms with Crippen molar-refractivity contribution in [3.8, 4) is 0 Å². The maximum Gasteiger partial charge on any atom is 0.501 e. The molecule has 1 aliphatic heterocycles.